The van der Waals surface area contributed by atoms with Crippen molar-refractivity contribution in [3.8, 4) is 5.75 Å². The Bertz CT molecular complexity index is 1430. The molecule has 164 valence electrons. The van der Waals surface area contributed by atoms with E-state index in [0.29, 0.717) is 21.0 Å². The quantitative estimate of drug-likeness (QED) is 0.275. The Morgan fingerprint density at radius 1 is 0.939 bits per heavy atom. The van der Waals surface area contributed by atoms with Gasteiger partial charge in [-0.2, -0.15) is 10.1 Å². The zero-order valence-corrected chi connectivity index (χ0v) is 20.6. The van der Waals surface area contributed by atoms with Crippen LogP contribution in [0.5, 0.6) is 5.75 Å². The lowest BCUT2D eigenvalue weighted by Gasteiger charge is -2.39. The van der Waals surface area contributed by atoms with Crippen molar-refractivity contribution in [3.63, 3.8) is 0 Å². The number of benzene rings is 3. The van der Waals surface area contributed by atoms with Crippen molar-refractivity contribution in [1.29, 1.82) is 0 Å². The molecule has 3 aromatic carbocycles. The molecule has 2 atom stereocenters. The van der Waals surface area contributed by atoms with Crippen LogP contribution in [-0.4, -0.2) is 14.8 Å². The lowest BCUT2D eigenvalue weighted by atomic mass is 9.84. The lowest BCUT2D eigenvalue weighted by Crippen LogP contribution is -2.32. The molecule has 0 saturated heterocycles. The molecule has 6 rings (SSSR count). The van der Waals surface area contributed by atoms with E-state index in [0.717, 1.165) is 38.2 Å². The van der Waals surface area contributed by atoms with Crippen molar-refractivity contribution in [1.82, 2.24) is 14.8 Å². The topological polar surface area (TPSA) is 52.0 Å². The third kappa shape index (κ3) is 3.53. The number of halogens is 4. The first-order valence-corrected chi connectivity index (χ1v) is 12.0. The van der Waals surface area contributed by atoms with Gasteiger partial charge in [-0.15, -0.1) is 0 Å². The van der Waals surface area contributed by atoms with Crippen LogP contribution >= 0.6 is 50.7 Å². The summed E-state index contributed by atoms with van der Waals surface area (Å²) in [6, 6.07) is 18.8. The van der Waals surface area contributed by atoms with E-state index in [4.69, 9.17) is 39.5 Å². The van der Waals surface area contributed by atoms with Crippen LogP contribution in [0.15, 0.2) is 77.0 Å². The smallest absolute Gasteiger partial charge is 0.226 e. The van der Waals surface area contributed by atoms with Gasteiger partial charge in [0.05, 0.1) is 5.70 Å². The third-order valence-corrected chi connectivity index (χ3v) is 7.13. The Morgan fingerprint density at radius 3 is 2.48 bits per heavy atom. The van der Waals surface area contributed by atoms with Gasteiger partial charge in [0.25, 0.3) is 0 Å². The molecule has 0 saturated carbocycles. The molecule has 5 nitrogen and oxygen atoms in total. The second kappa shape index (κ2) is 8.06. The van der Waals surface area contributed by atoms with E-state index in [-0.39, 0.29) is 6.04 Å². The normalized spacial score (nSPS) is 18.7. The molecule has 0 amide bonds. The van der Waals surface area contributed by atoms with Crippen molar-refractivity contribution in [2.24, 2.45) is 0 Å². The van der Waals surface area contributed by atoms with Gasteiger partial charge in [0.2, 0.25) is 5.95 Å². The van der Waals surface area contributed by atoms with Gasteiger partial charge in [0.1, 0.15) is 24.2 Å². The molecule has 0 aliphatic carbocycles. The molecule has 4 aromatic rings. The maximum atomic E-state index is 6.71. The molecule has 1 aromatic heterocycles. The number of fused-ring (bicyclic) bond motifs is 3. The SMILES string of the molecule is Clc1ccc([C@H]2C3=C(Nc4ncnn42)c2cc(Cl)ccc2O[C@@H]3c2ccc(Br)cc2)c(Cl)c1. The van der Waals surface area contributed by atoms with Crippen LogP contribution in [0.2, 0.25) is 15.1 Å². The highest BCUT2D eigenvalue weighted by Gasteiger charge is 2.41. The van der Waals surface area contributed by atoms with E-state index in [1.165, 1.54) is 6.33 Å². The standard InChI is InChI=1S/C24H14BrCl3N4O/c25-13-3-1-12(2-4-13)23-20-21(17-9-14(26)6-8-19(17)33-23)31-24-29-11-30-32(24)22(20)16-7-5-15(27)10-18(16)28/h1-11,22-23H,(H,29,30,31)/t22-,23+/m0/s1. The highest BCUT2D eigenvalue weighted by atomic mass is 79.9. The minimum Gasteiger partial charge on any atom is -0.480 e. The summed E-state index contributed by atoms with van der Waals surface area (Å²) in [5.74, 6) is 1.33. The highest BCUT2D eigenvalue weighted by molar-refractivity contribution is 9.10. The van der Waals surface area contributed by atoms with Crippen molar-refractivity contribution < 1.29 is 4.74 Å². The predicted molar refractivity (Wildman–Crippen MR) is 134 cm³/mol. The van der Waals surface area contributed by atoms with E-state index < -0.39 is 6.10 Å². The molecule has 0 spiro atoms. The maximum absolute atomic E-state index is 6.71. The zero-order valence-electron chi connectivity index (χ0n) is 16.8. The summed E-state index contributed by atoms with van der Waals surface area (Å²) >= 11 is 22.8. The monoisotopic (exact) mass is 558 g/mol. The summed E-state index contributed by atoms with van der Waals surface area (Å²) in [6.07, 6.45) is 1.12. The van der Waals surface area contributed by atoms with Gasteiger partial charge in [-0.1, -0.05) is 68.9 Å². The summed E-state index contributed by atoms with van der Waals surface area (Å²) in [5, 5.41) is 9.68. The second-order valence-electron chi connectivity index (χ2n) is 7.74. The van der Waals surface area contributed by atoms with Crippen LogP contribution in [-0.2, 0) is 0 Å². The summed E-state index contributed by atoms with van der Waals surface area (Å²) < 4.78 is 9.39. The van der Waals surface area contributed by atoms with Crippen LogP contribution in [0.25, 0.3) is 5.70 Å². The molecule has 1 N–H and O–H groups in total. The fourth-order valence-corrected chi connectivity index (χ4v) is 5.33. The molecule has 9 heteroatoms. The first-order valence-electron chi connectivity index (χ1n) is 10.1. The molecule has 2 aliphatic heterocycles. The van der Waals surface area contributed by atoms with Crippen molar-refractivity contribution in [2.75, 3.05) is 5.32 Å². The Labute approximate surface area is 213 Å². The average Bonchev–Trinajstić information content (AvgIpc) is 3.27. The molecule has 0 fully saturated rings. The molecular weight excluding hydrogens is 547 g/mol. The van der Waals surface area contributed by atoms with Crippen LogP contribution in [0.3, 0.4) is 0 Å². The van der Waals surface area contributed by atoms with Gasteiger partial charge < -0.3 is 10.1 Å². The maximum Gasteiger partial charge on any atom is 0.226 e. The largest absolute Gasteiger partial charge is 0.480 e. The minimum absolute atomic E-state index is 0.371. The van der Waals surface area contributed by atoms with Gasteiger partial charge >= 0.3 is 0 Å². The Hall–Kier alpha value is -2.51. The molecule has 33 heavy (non-hydrogen) atoms. The molecular formula is C24H14BrCl3N4O. The van der Waals surface area contributed by atoms with E-state index >= 15 is 0 Å². The van der Waals surface area contributed by atoms with Crippen LogP contribution < -0.4 is 10.1 Å². The number of hydrogen-bond acceptors (Lipinski definition) is 4. The predicted octanol–water partition coefficient (Wildman–Crippen LogP) is 7.56. The highest BCUT2D eigenvalue weighted by Crippen LogP contribution is 2.52. The van der Waals surface area contributed by atoms with Crippen molar-refractivity contribution in [2.45, 2.75) is 12.1 Å². The summed E-state index contributed by atoms with van der Waals surface area (Å²) in [7, 11) is 0. The molecule has 2 aliphatic rings. The Morgan fingerprint density at radius 2 is 1.70 bits per heavy atom. The zero-order chi connectivity index (χ0) is 22.7. The minimum atomic E-state index is -0.400. The van der Waals surface area contributed by atoms with E-state index in [2.05, 4.69) is 31.3 Å². The van der Waals surface area contributed by atoms with Crippen LogP contribution in [0.4, 0.5) is 5.95 Å². The summed E-state index contributed by atoms with van der Waals surface area (Å²) in [5.41, 5.74) is 4.53. The van der Waals surface area contributed by atoms with Gasteiger partial charge in [-0.3, -0.25) is 0 Å². The average molecular weight is 561 g/mol. The number of nitrogens with zero attached hydrogens (tertiary/aromatic N) is 3. The Kier molecular flexibility index (Phi) is 5.14. The van der Waals surface area contributed by atoms with Crippen LogP contribution in [0.1, 0.15) is 28.8 Å². The summed E-state index contributed by atoms with van der Waals surface area (Å²) in [6.45, 7) is 0. The number of anilines is 1. The number of rotatable bonds is 2. The second-order valence-corrected chi connectivity index (χ2v) is 9.94. The van der Waals surface area contributed by atoms with Gasteiger partial charge in [0, 0.05) is 30.7 Å². The molecule has 0 bridgehead atoms. The Balaban J connectivity index is 1.65. The fraction of sp³-hybridized carbons (Fsp3) is 0.0833. The van der Waals surface area contributed by atoms with E-state index in [1.807, 2.05) is 59.3 Å². The van der Waals surface area contributed by atoms with Crippen LogP contribution in [0, 0.1) is 0 Å². The molecule has 0 radical (unpaired) electrons. The first-order chi connectivity index (χ1) is 16.0. The van der Waals surface area contributed by atoms with Gasteiger partial charge in [-0.25, -0.2) is 4.68 Å². The first kappa shape index (κ1) is 21.1. The third-order valence-electron chi connectivity index (χ3n) is 5.81. The number of ether oxygens (including phenoxy) is 1. The van der Waals surface area contributed by atoms with E-state index in [1.54, 1.807) is 6.07 Å². The van der Waals surface area contributed by atoms with Crippen molar-refractivity contribution >= 4 is 62.4 Å². The van der Waals surface area contributed by atoms with E-state index in [9.17, 15) is 0 Å². The van der Waals surface area contributed by atoms with Gasteiger partial charge in [-0.05, 0) is 53.6 Å². The molecule has 3 heterocycles. The number of nitrogens with one attached hydrogen (secondary N) is 1. The van der Waals surface area contributed by atoms with Gasteiger partial charge in [0.15, 0.2) is 0 Å². The summed E-state index contributed by atoms with van der Waals surface area (Å²) in [4.78, 5) is 4.43. The molecule has 0 unspecified atom stereocenters. The van der Waals surface area contributed by atoms with Crippen molar-refractivity contribution in [3.05, 3.63) is 109 Å². The lowest BCUT2D eigenvalue weighted by molar-refractivity contribution is 0.223. The number of hydrogen-bond donors (Lipinski definition) is 1. The number of aromatic nitrogens is 3. The fourth-order valence-electron chi connectivity index (χ4n) is 4.38.